The smallest absolute Gasteiger partial charge is 0.256 e. The minimum absolute atomic E-state index is 0.188. The Labute approximate surface area is 216 Å². The Kier molecular flexibility index (Phi) is 5.58. The average Bonchev–Trinajstić information content (AvgIpc) is 3.32. The maximum Gasteiger partial charge on any atom is 0.256 e. The average molecular weight is 533 g/mol. The van der Waals surface area contributed by atoms with E-state index < -0.39 is 0 Å². The number of aryl methyl sites for hydroxylation is 1. The number of pyridine rings is 1. The second kappa shape index (κ2) is 9.06. The van der Waals surface area contributed by atoms with Gasteiger partial charge in [0.1, 0.15) is 0 Å². The number of fused-ring (bicyclic) bond motifs is 2. The van der Waals surface area contributed by atoms with E-state index in [9.17, 15) is 4.79 Å². The second-order valence-electron chi connectivity index (χ2n) is 8.74. The first kappa shape index (κ1) is 22.2. The number of benzene rings is 4. The van der Waals surface area contributed by atoms with Gasteiger partial charge in [-0.15, -0.1) is 0 Å². The standard InChI is InChI=1S/C30H21BrN4O/c1-18-5-4-6-20(15-18)29-25-16-22(13-14-27(25)34-35-29)32-30(36)24-17-28(19-9-11-21(31)12-10-19)33-26-8-3-2-7-23(24)26/h2-17H,1H3,(H,32,36)(H,34,35). The van der Waals surface area contributed by atoms with Gasteiger partial charge in [0.25, 0.3) is 5.91 Å². The van der Waals surface area contributed by atoms with Crippen LogP contribution in [0.3, 0.4) is 0 Å². The van der Waals surface area contributed by atoms with Crippen LogP contribution in [0.15, 0.2) is 102 Å². The summed E-state index contributed by atoms with van der Waals surface area (Å²) in [6, 6.07) is 31.5. The van der Waals surface area contributed by atoms with Crippen LogP contribution in [0.5, 0.6) is 0 Å². The van der Waals surface area contributed by atoms with Crippen molar-refractivity contribution in [1.82, 2.24) is 15.2 Å². The van der Waals surface area contributed by atoms with Crippen molar-refractivity contribution in [2.75, 3.05) is 5.32 Å². The van der Waals surface area contributed by atoms with E-state index in [-0.39, 0.29) is 5.91 Å². The summed E-state index contributed by atoms with van der Waals surface area (Å²) in [6.07, 6.45) is 0. The lowest BCUT2D eigenvalue weighted by Gasteiger charge is -2.11. The highest BCUT2D eigenvalue weighted by Crippen LogP contribution is 2.30. The normalized spacial score (nSPS) is 11.2. The number of rotatable bonds is 4. The van der Waals surface area contributed by atoms with Crippen LogP contribution < -0.4 is 5.32 Å². The number of hydrogen-bond acceptors (Lipinski definition) is 3. The molecule has 6 aromatic rings. The molecule has 2 N–H and O–H groups in total. The van der Waals surface area contributed by atoms with Crippen molar-refractivity contribution in [3.05, 3.63) is 113 Å². The van der Waals surface area contributed by atoms with Gasteiger partial charge in [-0.25, -0.2) is 4.98 Å². The maximum atomic E-state index is 13.6. The van der Waals surface area contributed by atoms with E-state index in [2.05, 4.69) is 50.5 Å². The third-order valence-corrected chi connectivity index (χ3v) is 6.74. The Morgan fingerprint density at radius 2 is 1.67 bits per heavy atom. The molecule has 2 aromatic heterocycles. The molecule has 6 heteroatoms. The van der Waals surface area contributed by atoms with Gasteiger partial charge in [-0.1, -0.05) is 70.0 Å². The van der Waals surface area contributed by atoms with Crippen LogP contribution in [0.25, 0.3) is 44.3 Å². The highest BCUT2D eigenvalue weighted by atomic mass is 79.9. The molecule has 0 atom stereocenters. The molecule has 4 aromatic carbocycles. The van der Waals surface area contributed by atoms with E-state index in [0.29, 0.717) is 11.3 Å². The van der Waals surface area contributed by atoms with Gasteiger partial charge >= 0.3 is 0 Å². The van der Waals surface area contributed by atoms with Crippen LogP contribution in [0, 0.1) is 6.92 Å². The molecule has 36 heavy (non-hydrogen) atoms. The monoisotopic (exact) mass is 532 g/mol. The zero-order valence-corrected chi connectivity index (χ0v) is 21.0. The highest BCUT2D eigenvalue weighted by molar-refractivity contribution is 9.10. The quantitative estimate of drug-likeness (QED) is 0.243. The lowest BCUT2D eigenvalue weighted by Crippen LogP contribution is -2.13. The van der Waals surface area contributed by atoms with Crippen LogP contribution in [0.4, 0.5) is 5.69 Å². The molecule has 0 saturated heterocycles. The van der Waals surface area contributed by atoms with E-state index in [1.807, 2.05) is 84.9 Å². The first-order chi connectivity index (χ1) is 17.5. The zero-order chi connectivity index (χ0) is 24.6. The molecule has 1 amide bonds. The molecular weight excluding hydrogens is 512 g/mol. The minimum Gasteiger partial charge on any atom is -0.322 e. The number of aromatic amines is 1. The zero-order valence-electron chi connectivity index (χ0n) is 19.4. The molecule has 2 heterocycles. The molecule has 0 unspecified atom stereocenters. The first-order valence-corrected chi connectivity index (χ1v) is 12.4. The number of para-hydroxylation sites is 1. The van der Waals surface area contributed by atoms with Gasteiger partial charge in [-0.05, 0) is 55.5 Å². The summed E-state index contributed by atoms with van der Waals surface area (Å²) in [5.74, 6) is -0.188. The molecule has 0 aliphatic heterocycles. The van der Waals surface area contributed by atoms with Crippen LogP contribution in [-0.4, -0.2) is 21.1 Å². The lowest BCUT2D eigenvalue weighted by molar-refractivity contribution is 0.102. The SMILES string of the molecule is Cc1cccc(-c2n[nH]c3ccc(NC(=O)c4cc(-c5ccc(Br)cc5)nc5ccccc45)cc23)c1. The summed E-state index contributed by atoms with van der Waals surface area (Å²) in [6.45, 7) is 2.06. The van der Waals surface area contributed by atoms with Crippen molar-refractivity contribution >= 4 is 49.3 Å². The fourth-order valence-electron chi connectivity index (χ4n) is 4.43. The fourth-order valence-corrected chi connectivity index (χ4v) is 4.70. The van der Waals surface area contributed by atoms with E-state index in [1.54, 1.807) is 0 Å². The summed E-state index contributed by atoms with van der Waals surface area (Å²) in [7, 11) is 0. The van der Waals surface area contributed by atoms with E-state index in [4.69, 9.17) is 4.98 Å². The van der Waals surface area contributed by atoms with E-state index >= 15 is 0 Å². The largest absolute Gasteiger partial charge is 0.322 e. The number of aromatic nitrogens is 3. The molecular formula is C30H21BrN4O. The molecule has 0 spiro atoms. The van der Waals surface area contributed by atoms with Crippen molar-refractivity contribution in [3.63, 3.8) is 0 Å². The molecule has 5 nitrogen and oxygen atoms in total. The summed E-state index contributed by atoms with van der Waals surface area (Å²) in [4.78, 5) is 18.4. The van der Waals surface area contributed by atoms with Crippen LogP contribution in [0.1, 0.15) is 15.9 Å². The molecule has 174 valence electrons. The van der Waals surface area contributed by atoms with Crippen LogP contribution >= 0.6 is 15.9 Å². The molecule has 0 saturated carbocycles. The number of nitrogens with one attached hydrogen (secondary N) is 2. The van der Waals surface area contributed by atoms with Gasteiger partial charge in [0, 0.05) is 32.1 Å². The predicted molar refractivity (Wildman–Crippen MR) is 149 cm³/mol. The fraction of sp³-hybridized carbons (Fsp3) is 0.0333. The second-order valence-corrected chi connectivity index (χ2v) is 9.65. The van der Waals surface area contributed by atoms with Gasteiger partial charge in [0.05, 0.1) is 28.0 Å². The van der Waals surface area contributed by atoms with Gasteiger partial charge in [0.2, 0.25) is 0 Å². The Morgan fingerprint density at radius 1 is 0.833 bits per heavy atom. The Morgan fingerprint density at radius 3 is 2.50 bits per heavy atom. The Balaban J connectivity index is 1.39. The summed E-state index contributed by atoms with van der Waals surface area (Å²) >= 11 is 3.48. The molecule has 0 aliphatic carbocycles. The van der Waals surface area contributed by atoms with Gasteiger partial charge in [-0.2, -0.15) is 5.10 Å². The predicted octanol–water partition coefficient (Wildman–Crippen LogP) is 7.77. The Hall–Kier alpha value is -4.29. The molecule has 0 bridgehead atoms. The lowest BCUT2D eigenvalue weighted by atomic mass is 10.0. The van der Waals surface area contributed by atoms with Crippen LogP contribution in [-0.2, 0) is 0 Å². The highest BCUT2D eigenvalue weighted by Gasteiger charge is 2.16. The number of anilines is 1. The van der Waals surface area contributed by atoms with Crippen LogP contribution in [0.2, 0.25) is 0 Å². The van der Waals surface area contributed by atoms with Crippen molar-refractivity contribution in [3.8, 4) is 22.5 Å². The molecule has 0 aliphatic rings. The van der Waals surface area contributed by atoms with Crippen molar-refractivity contribution < 1.29 is 4.79 Å². The molecule has 0 radical (unpaired) electrons. The number of hydrogen-bond donors (Lipinski definition) is 2. The number of nitrogens with zero attached hydrogens (tertiary/aromatic N) is 2. The third kappa shape index (κ3) is 4.16. The number of carbonyl (C=O) groups is 1. The summed E-state index contributed by atoms with van der Waals surface area (Å²) in [5, 5.41) is 12.5. The number of carbonyl (C=O) groups excluding carboxylic acids is 1. The first-order valence-electron chi connectivity index (χ1n) is 11.6. The Bertz CT molecular complexity index is 1760. The maximum absolute atomic E-state index is 13.6. The third-order valence-electron chi connectivity index (χ3n) is 6.21. The van der Waals surface area contributed by atoms with Gasteiger partial charge in [-0.3, -0.25) is 9.89 Å². The van der Waals surface area contributed by atoms with Crippen molar-refractivity contribution in [2.24, 2.45) is 0 Å². The van der Waals surface area contributed by atoms with Crippen molar-refractivity contribution in [2.45, 2.75) is 6.92 Å². The summed E-state index contributed by atoms with van der Waals surface area (Å²) < 4.78 is 0.990. The topological polar surface area (TPSA) is 70.7 Å². The van der Waals surface area contributed by atoms with Gasteiger partial charge < -0.3 is 5.32 Å². The number of amides is 1. The minimum atomic E-state index is -0.188. The molecule has 6 rings (SSSR count). The van der Waals surface area contributed by atoms with Crippen molar-refractivity contribution in [1.29, 1.82) is 0 Å². The molecule has 0 fully saturated rings. The van der Waals surface area contributed by atoms with E-state index in [0.717, 1.165) is 48.8 Å². The summed E-state index contributed by atoms with van der Waals surface area (Å²) in [5.41, 5.74) is 7.71. The van der Waals surface area contributed by atoms with Gasteiger partial charge in [0.15, 0.2) is 0 Å². The van der Waals surface area contributed by atoms with E-state index in [1.165, 1.54) is 5.56 Å². The number of halogens is 1. The number of H-pyrrole nitrogens is 1.